The first-order chi connectivity index (χ1) is 15.3. The second-order valence-corrected chi connectivity index (χ2v) is 8.32. The van der Waals surface area contributed by atoms with E-state index in [0.29, 0.717) is 23.4 Å². The Bertz CT molecular complexity index is 1610. The fraction of sp³-hybridized carbons (Fsp3) is 0.240. The van der Waals surface area contributed by atoms with E-state index in [9.17, 15) is 9.59 Å². The van der Waals surface area contributed by atoms with Crippen LogP contribution in [0, 0.1) is 13.8 Å². The Morgan fingerprint density at radius 2 is 1.56 bits per heavy atom. The van der Waals surface area contributed by atoms with Crippen molar-refractivity contribution in [3.63, 3.8) is 0 Å². The van der Waals surface area contributed by atoms with E-state index in [4.69, 9.17) is 4.98 Å². The Labute approximate surface area is 184 Å². The van der Waals surface area contributed by atoms with Crippen LogP contribution < -0.4 is 11.2 Å². The Balaban J connectivity index is 2.07. The number of hydrogen-bond donors (Lipinski definition) is 0. The summed E-state index contributed by atoms with van der Waals surface area (Å²) in [6, 6.07) is 16.5. The molecule has 0 atom stereocenters. The first-order valence-electron chi connectivity index (χ1n) is 10.7. The highest BCUT2D eigenvalue weighted by molar-refractivity contribution is 5.81. The monoisotopic (exact) mass is 427 g/mol. The molecule has 0 aliphatic rings. The van der Waals surface area contributed by atoms with Gasteiger partial charge in [0.1, 0.15) is 0 Å². The van der Waals surface area contributed by atoms with Gasteiger partial charge in [-0.2, -0.15) is 4.98 Å². The van der Waals surface area contributed by atoms with Crippen molar-refractivity contribution in [2.24, 2.45) is 14.1 Å². The minimum absolute atomic E-state index is 0.345. The maximum atomic E-state index is 13.2. The van der Waals surface area contributed by atoms with Gasteiger partial charge in [0.25, 0.3) is 5.56 Å². The summed E-state index contributed by atoms with van der Waals surface area (Å²) in [4.78, 5) is 30.6. The van der Waals surface area contributed by atoms with Crippen molar-refractivity contribution in [2.75, 3.05) is 0 Å². The molecule has 0 bridgehead atoms. The number of rotatable bonds is 3. The van der Waals surface area contributed by atoms with Gasteiger partial charge in [-0.1, -0.05) is 43.3 Å². The van der Waals surface area contributed by atoms with E-state index in [1.165, 1.54) is 11.6 Å². The third kappa shape index (κ3) is 2.70. The standard InChI is InChI=1S/C25H25N5O2/c1-6-19-20(17-10-8-7-9-11-17)29(18-13-15(2)12-16(3)14-18)24-26-22-21(30(19)24)23(31)28(5)25(32)27(22)4/h7-14H,6H2,1-5H3. The quantitative estimate of drug-likeness (QED) is 0.443. The van der Waals surface area contributed by atoms with Gasteiger partial charge in [0.05, 0.1) is 11.4 Å². The molecule has 0 aliphatic heterocycles. The van der Waals surface area contributed by atoms with E-state index >= 15 is 0 Å². The summed E-state index contributed by atoms with van der Waals surface area (Å²) in [5.41, 5.74) is 6.35. The molecule has 3 aromatic heterocycles. The number of fused-ring (bicyclic) bond motifs is 3. The number of nitrogens with zero attached hydrogens (tertiary/aromatic N) is 5. The highest BCUT2D eigenvalue weighted by atomic mass is 16.2. The van der Waals surface area contributed by atoms with Crippen molar-refractivity contribution in [1.29, 1.82) is 0 Å². The first kappa shape index (κ1) is 20.1. The molecule has 0 saturated heterocycles. The lowest BCUT2D eigenvalue weighted by molar-refractivity contribution is 0.707. The fourth-order valence-electron chi connectivity index (χ4n) is 4.67. The summed E-state index contributed by atoms with van der Waals surface area (Å²) < 4.78 is 6.62. The third-order valence-electron chi connectivity index (χ3n) is 6.05. The second kappa shape index (κ2) is 7.09. The first-order valence-corrected chi connectivity index (χ1v) is 10.7. The zero-order valence-electron chi connectivity index (χ0n) is 18.9. The lowest BCUT2D eigenvalue weighted by Gasteiger charge is -2.13. The normalized spacial score (nSPS) is 11.7. The summed E-state index contributed by atoms with van der Waals surface area (Å²) >= 11 is 0. The molecule has 0 N–H and O–H groups in total. The number of benzene rings is 2. The van der Waals surface area contributed by atoms with Crippen molar-refractivity contribution in [3.05, 3.63) is 86.2 Å². The Morgan fingerprint density at radius 3 is 2.19 bits per heavy atom. The predicted molar refractivity (Wildman–Crippen MR) is 127 cm³/mol. The van der Waals surface area contributed by atoms with Gasteiger partial charge in [0.2, 0.25) is 5.78 Å². The van der Waals surface area contributed by atoms with Crippen molar-refractivity contribution >= 4 is 16.9 Å². The van der Waals surface area contributed by atoms with Crippen LogP contribution in [0.2, 0.25) is 0 Å². The Kier molecular flexibility index (Phi) is 4.44. The molecule has 0 amide bonds. The molecule has 0 radical (unpaired) electrons. The summed E-state index contributed by atoms with van der Waals surface area (Å²) in [6.45, 7) is 6.22. The highest BCUT2D eigenvalue weighted by Gasteiger charge is 2.26. The molecule has 5 rings (SSSR count). The zero-order valence-corrected chi connectivity index (χ0v) is 18.9. The molecular weight excluding hydrogens is 402 g/mol. The minimum atomic E-state index is -0.387. The van der Waals surface area contributed by atoms with Gasteiger partial charge in [-0.25, -0.2) is 4.79 Å². The topological polar surface area (TPSA) is 66.2 Å². The molecule has 7 nitrogen and oxygen atoms in total. The van der Waals surface area contributed by atoms with Gasteiger partial charge >= 0.3 is 5.69 Å². The van der Waals surface area contributed by atoms with Crippen LogP contribution in [0.25, 0.3) is 33.9 Å². The van der Waals surface area contributed by atoms with Gasteiger partial charge in [-0.15, -0.1) is 0 Å². The number of imidazole rings is 2. The lowest BCUT2D eigenvalue weighted by Crippen LogP contribution is -2.37. The Morgan fingerprint density at radius 1 is 0.906 bits per heavy atom. The van der Waals surface area contributed by atoms with Gasteiger partial charge in [0.15, 0.2) is 11.2 Å². The molecule has 0 aliphatic carbocycles. The molecule has 0 saturated carbocycles. The number of hydrogen-bond acceptors (Lipinski definition) is 3. The van der Waals surface area contributed by atoms with E-state index in [1.54, 1.807) is 7.05 Å². The van der Waals surface area contributed by atoms with Gasteiger partial charge in [0, 0.05) is 25.3 Å². The van der Waals surface area contributed by atoms with Crippen LogP contribution in [0.1, 0.15) is 23.7 Å². The smallest absolute Gasteiger partial charge is 0.279 e. The average Bonchev–Trinajstić information content (AvgIpc) is 3.30. The van der Waals surface area contributed by atoms with E-state index in [2.05, 4.69) is 55.7 Å². The molecule has 0 unspecified atom stereocenters. The lowest BCUT2D eigenvalue weighted by atomic mass is 10.1. The molecule has 3 heterocycles. The molecule has 0 fully saturated rings. The minimum Gasteiger partial charge on any atom is -0.279 e. The van der Waals surface area contributed by atoms with Crippen LogP contribution in [-0.2, 0) is 20.5 Å². The van der Waals surface area contributed by atoms with Gasteiger partial charge in [-0.3, -0.25) is 22.9 Å². The summed E-state index contributed by atoms with van der Waals surface area (Å²) in [5.74, 6) is 0.624. The Hall–Kier alpha value is -3.87. The second-order valence-electron chi connectivity index (χ2n) is 8.32. The van der Waals surface area contributed by atoms with Crippen molar-refractivity contribution in [3.8, 4) is 16.9 Å². The SMILES string of the molecule is CCc1c(-c2ccccc2)n(-c2cc(C)cc(C)c2)c2nc3c(c(=O)n(C)c(=O)n3C)n12. The van der Waals surface area contributed by atoms with E-state index in [1.807, 2.05) is 22.6 Å². The molecule has 5 aromatic rings. The number of aromatic nitrogens is 5. The van der Waals surface area contributed by atoms with E-state index in [-0.39, 0.29) is 11.2 Å². The van der Waals surface area contributed by atoms with Gasteiger partial charge in [-0.05, 0) is 43.5 Å². The number of aryl methyl sites for hydroxylation is 4. The van der Waals surface area contributed by atoms with Crippen LogP contribution >= 0.6 is 0 Å². The summed E-state index contributed by atoms with van der Waals surface area (Å²) in [6.07, 6.45) is 0.690. The average molecular weight is 428 g/mol. The maximum absolute atomic E-state index is 13.2. The van der Waals surface area contributed by atoms with Crippen molar-refractivity contribution < 1.29 is 0 Å². The van der Waals surface area contributed by atoms with Crippen LogP contribution in [0.4, 0.5) is 0 Å². The van der Waals surface area contributed by atoms with Crippen LogP contribution in [-0.4, -0.2) is 23.1 Å². The largest absolute Gasteiger partial charge is 0.332 e. The molecule has 2 aromatic carbocycles. The van der Waals surface area contributed by atoms with Crippen LogP contribution in [0.5, 0.6) is 0 Å². The fourth-order valence-corrected chi connectivity index (χ4v) is 4.67. The predicted octanol–water partition coefficient (Wildman–Crippen LogP) is 3.52. The zero-order chi connectivity index (χ0) is 22.7. The van der Waals surface area contributed by atoms with Crippen LogP contribution in [0.3, 0.4) is 0 Å². The van der Waals surface area contributed by atoms with Crippen molar-refractivity contribution in [1.82, 2.24) is 23.1 Å². The van der Waals surface area contributed by atoms with Gasteiger partial charge < -0.3 is 0 Å². The molecule has 0 spiro atoms. The summed E-state index contributed by atoms with van der Waals surface area (Å²) in [5, 5.41) is 0. The molecule has 162 valence electrons. The molecular formula is C25H25N5O2. The molecule has 7 heteroatoms. The van der Waals surface area contributed by atoms with E-state index in [0.717, 1.165) is 38.3 Å². The molecule has 32 heavy (non-hydrogen) atoms. The summed E-state index contributed by atoms with van der Waals surface area (Å²) in [7, 11) is 3.16. The third-order valence-corrected chi connectivity index (χ3v) is 6.05. The maximum Gasteiger partial charge on any atom is 0.332 e. The van der Waals surface area contributed by atoms with Crippen molar-refractivity contribution in [2.45, 2.75) is 27.2 Å². The van der Waals surface area contributed by atoms with E-state index < -0.39 is 0 Å². The van der Waals surface area contributed by atoms with Crippen LogP contribution in [0.15, 0.2) is 58.1 Å². The highest BCUT2D eigenvalue weighted by Crippen LogP contribution is 2.33.